The van der Waals surface area contributed by atoms with Crippen molar-refractivity contribution in [2.75, 3.05) is 0 Å². The topological polar surface area (TPSA) is 69.5 Å². The van der Waals surface area contributed by atoms with Crippen molar-refractivity contribution in [2.45, 2.75) is 0 Å². The van der Waals surface area contributed by atoms with Crippen molar-refractivity contribution >= 4 is 16.5 Å². The van der Waals surface area contributed by atoms with Gasteiger partial charge in [-0.2, -0.15) is 5.26 Å². The molecule has 0 atom stereocenters. The van der Waals surface area contributed by atoms with E-state index in [0.29, 0.717) is 10.9 Å². The molecule has 0 radical (unpaired) electrons. The van der Waals surface area contributed by atoms with Crippen LogP contribution in [0.2, 0.25) is 0 Å². The van der Waals surface area contributed by atoms with Gasteiger partial charge >= 0.3 is 0 Å². The van der Waals surface area contributed by atoms with Crippen LogP contribution >= 0.6 is 0 Å². The van der Waals surface area contributed by atoms with Crippen LogP contribution in [0.5, 0.6) is 0 Å². The van der Waals surface area contributed by atoms with E-state index in [1.807, 2.05) is 6.07 Å². The Balaban J connectivity index is 2.80. The summed E-state index contributed by atoms with van der Waals surface area (Å²) in [5, 5.41) is 9.15. The second kappa shape index (κ2) is 3.39. The van der Waals surface area contributed by atoms with Gasteiger partial charge in [-0.25, -0.2) is 4.98 Å². The molecular weight excluding hydrogens is 190 g/mol. The monoisotopic (exact) mass is 197 g/mol. The van der Waals surface area contributed by atoms with E-state index in [-0.39, 0.29) is 17.0 Å². The fourth-order valence-corrected chi connectivity index (χ4v) is 1.28. The Morgan fingerprint density at radius 3 is 2.93 bits per heavy atom. The molecular formula is C11H7N3O. The van der Waals surface area contributed by atoms with Crippen LogP contribution in [-0.4, -0.2) is 9.97 Å². The molecule has 0 aliphatic heterocycles. The molecule has 4 heteroatoms. The normalized spacial score (nSPS) is 9.80. The predicted molar refractivity (Wildman–Crippen MR) is 57.0 cm³/mol. The summed E-state index contributed by atoms with van der Waals surface area (Å²) >= 11 is 0. The number of allylic oxidation sites excluding steroid dienone is 1. The van der Waals surface area contributed by atoms with E-state index >= 15 is 0 Å². The molecule has 1 N–H and O–H groups in total. The van der Waals surface area contributed by atoms with Crippen molar-refractivity contribution < 1.29 is 0 Å². The minimum absolute atomic E-state index is 0.151. The SMILES string of the molecule is C=C(C#N)c1nc2ccccc2c(=O)[nH]1. The van der Waals surface area contributed by atoms with Crippen molar-refractivity contribution in [3.8, 4) is 6.07 Å². The summed E-state index contributed by atoms with van der Waals surface area (Å²) in [6.07, 6.45) is 0. The molecule has 2 rings (SSSR count). The molecule has 15 heavy (non-hydrogen) atoms. The molecule has 0 spiro atoms. The number of para-hydroxylation sites is 1. The second-order valence-electron chi connectivity index (χ2n) is 3.02. The third kappa shape index (κ3) is 1.51. The number of fused-ring (bicyclic) bond motifs is 1. The summed E-state index contributed by atoms with van der Waals surface area (Å²) in [6.45, 7) is 3.50. The zero-order chi connectivity index (χ0) is 10.8. The van der Waals surface area contributed by atoms with E-state index in [1.54, 1.807) is 24.3 Å². The lowest BCUT2D eigenvalue weighted by atomic mass is 10.2. The number of hydrogen-bond donors (Lipinski definition) is 1. The molecule has 72 valence electrons. The highest BCUT2D eigenvalue weighted by atomic mass is 16.1. The molecule has 1 heterocycles. The predicted octanol–water partition coefficient (Wildman–Crippen LogP) is 1.46. The summed E-state index contributed by atoms with van der Waals surface area (Å²) in [4.78, 5) is 18.2. The standard InChI is InChI=1S/C11H7N3O/c1-7(6-12)10-13-9-5-3-2-4-8(9)11(15)14-10/h2-5H,1H2,(H,13,14,15). The third-order valence-corrected chi connectivity index (χ3v) is 2.03. The van der Waals surface area contributed by atoms with Crippen LogP contribution in [-0.2, 0) is 0 Å². The molecule has 0 aliphatic rings. The number of benzene rings is 1. The van der Waals surface area contributed by atoms with E-state index in [2.05, 4.69) is 16.5 Å². The largest absolute Gasteiger partial charge is 0.305 e. The highest BCUT2D eigenvalue weighted by Crippen LogP contribution is 2.09. The van der Waals surface area contributed by atoms with Crippen molar-refractivity contribution in [1.82, 2.24) is 9.97 Å². The number of nitriles is 1. The molecule has 1 aromatic heterocycles. The van der Waals surface area contributed by atoms with Gasteiger partial charge in [0.2, 0.25) is 0 Å². The lowest BCUT2D eigenvalue weighted by Gasteiger charge is -1.99. The highest BCUT2D eigenvalue weighted by Gasteiger charge is 2.04. The van der Waals surface area contributed by atoms with Crippen molar-refractivity contribution in [2.24, 2.45) is 0 Å². The fraction of sp³-hybridized carbons (Fsp3) is 0. The summed E-state index contributed by atoms with van der Waals surface area (Å²) in [7, 11) is 0. The molecule has 0 bridgehead atoms. The van der Waals surface area contributed by atoms with Gasteiger partial charge < -0.3 is 4.98 Å². The maximum atomic E-state index is 11.6. The molecule has 1 aromatic carbocycles. The van der Waals surface area contributed by atoms with E-state index < -0.39 is 0 Å². The van der Waals surface area contributed by atoms with Gasteiger partial charge in [0.15, 0.2) is 5.82 Å². The summed E-state index contributed by atoms with van der Waals surface area (Å²) in [5.74, 6) is 0.223. The third-order valence-electron chi connectivity index (χ3n) is 2.03. The van der Waals surface area contributed by atoms with Gasteiger partial charge in [0.05, 0.1) is 16.5 Å². The van der Waals surface area contributed by atoms with Gasteiger partial charge in [-0.05, 0) is 12.1 Å². The Hall–Kier alpha value is -2.41. The lowest BCUT2D eigenvalue weighted by Crippen LogP contribution is -2.10. The van der Waals surface area contributed by atoms with Crippen LogP contribution in [0.15, 0.2) is 35.6 Å². The van der Waals surface area contributed by atoms with Crippen molar-refractivity contribution in [1.29, 1.82) is 5.26 Å². The average Bonchev–Trinajstić information content (AvgIpc) is 2.28. The van der Waals surface area contributed by atoms with Gasteiger partial charge in [-0.1, -0.05) is 18.7 Å². The maximum Gasteiger partial charge on any atom is 0.259 e. The number of H-pyrrole nitrogens is 1. The number of nitrogens with one attached hydrogen (secondary N) is 1. The molecule has 2 aromatic rings. The zero-order valence-electron chi connectivity index (χ0n) is 7.82. The number of hydrogen-bond acceptors (Lipinski definition) is 3. The molecule has 0 aliphatic carbocycles. The average molecular weight is 197 g/mol. The van der Waals surface area contributed by atoms with Gasteiger partial charge in [0, 0.05) is 0 Å². The van der Waals surface area contributed by atoms with Gasteiger partial charge in [0.25, 0.3) is 5.56 Å². The smallest absolute Gasteiger partial charge is 0.259 e. The summed E-state index contributed by atoms with van der Waals surface area (Å²) < 4.78 is 0. The Bertz CT molecular complexity index is 634. The molecule has 0 unspecified atom stereocenters. The lowest BCUT2D eigenvalue weighted by molar-refractivity contribution is 1.13. The number of nitrogens with zero attached hydrogens (tertiary/aromatic N) is 2. The molecule has 0 fully saturated rings. The molecule has 0 saturated carbocycles. The molecule has 0 amide bonds. The minimum Gasteiger partial charge on any atom is -0.305 e. The van der Waals surface area contributed by atoms with E-state index in [0.717, 1.165) is 0 Å². The Labute approximate surface area is 85.5 Å². The first-order valence-electron chi connectivity index (χ1n) is 4.31. The van der Waals surface area contributed by atoms with Crippen LogP contribution in [0.1, 0.15) is 5.82 Å². The number of aromatic nitrogens is 2. The zero-order valence-corrected chi connectivity index (χ0v) is 7.82. The van der Waals surface area contributed by atoms with Crippen LogP contribution in [0.4, 0.5) is 0 Å². The Kier molecular flexibility index (Phi) is 2.07. The number of rotatable bonds is 1. The number of aromatic amines is 1. The van der Waals surface area contributed by atoms with Crippen molar-refractivity contribution in [3.63, 3.8) is 0 Å². The first kappa shape index (κ1) is 9.16. The first-order chi connectivity index (χ1) is 7.22. The van der Waals surface area contributed by atoms with Crippen LogP contribution in [0, 0.1) is 11.3 Å². The molecule has 0 saturated heterocycles. The Morgan fingerprint density at radius 2 is 2.20 bits per heavy atom. The quantitative estimate of drug-likeness (QED) is 0.703. The Morgan fingerprint density at radius 1 is 1.47 bits per heavy atom. The summed E-state index contributed by atoms with van der Waals surface area (Å²) in [5.41, 5.74) is 0.456. The summed E-state index contributed by atoms with van der Waals surface area (Å²) in [6, 6.07) is 8.79. The maximum absolute atomic E-state index is 11.6. The second-order valence-corrected chi connectivity index (χ2v) is 3.02. The van der Waals surface area contributed by atoms with Crippen LogP contribution in [0.25, 0.3) is 16.5 Å². The fourth-order valence-electron chi connectivity index (χ4n) is 1.28. The minimum atomic E-state index is -0.257. The van der Waals surface area contributed by atoms with Gasteiger partial charge in [-0.15, -0.1) is 0 Å². The van der Waals surface area contributed by atoms with Crippen LogP contribution in [0.3, 0.4) is 0 Å². The van der Waals surface area contributed by atoms with Gasteiger partial charge in [0.1, 0.15) is 6.07 Å². The van der Waals surface area contributed by atoms with E-state index in [1.165, 1.54) is 0 Å². The first-order valence-corrected chi connectivity index (χ1v) is 4.31. The van der Waals surface area contributed by atoms with E-state index in [9.17, 15) is 4.79 Å². The highest BCUT2D eigenvalue weighted by molar-refractivity contribution is 5.80. The van der Waals surface area contributed by atoms with E-state index in [4.69, 9.17) is 5.26 Å². The van der Waals surface area contributed by atoms with Gasteiger partial charge in [-0.3, -0.25) is 4.79 Å². The van der Waals surface area contributed by atoms with Crippen molar-refractivity contribution in [3.05, 3.63) is 47.0 Å². The molecule has 4 nitrogen and oxygen atoms in total. The van der Waals surface area contributed by atoms with Crippen LogP contribution < -0.4 is 5.56 Å².